The van der Waals surface area contributed by atoms with E-state index in [1.54, 1.807) is 26.0 Å². The third kappa shape index (κ3) is 5.79. The molecule has 0 bridgehead atoms. The first-order valence-electron chi connectivity index (χ1n) is 9.35. The van der Waals surface area contributed by atoms with Gasteiger partial charge in [-0.05, 0) is 67.4 Å². The molecule has 3 aromatic rings. The molecule has 0 heterocycles. The van der Waals surface area contributed by atoms with Crippen LogP contribution >= 0.6 is 23.2 Å². The second-order valence-electron chi connectivity index (χ2n) is 7.22. The standard InChI is InChI=1S/C22H17Cl2F3N2O3S/c1-12-3-4-13(2)18(9-12)29-33(31,32)20-10-14(5-7-17(20)24)21(30)28-19-11-15(22(25,26)27)6-8-16(19)23/h3-11,29H,1-2H3,(H,28,30). The van der Waals surface area contributed by atoms with Gasteiger partial charge in [0.15, 0.2) is 0 Å². The summed E-state index contributed by atoms with van der Waals surface area (Å²) in [4.78, 5) is 12.3. The van der Waals surface area contributed by atoms with Gasteiger partial charge in [-0.2, -0.15) is 13.2 Å². The van der Waals surface area contributed by atoms with Gasteiger partial charge in [0.25, 0.3) is 15.9 Å². The van der Waals surface area contributed by atoms with Crippen LogP contribution in [0.2, 0.25) is 10.0 Å². The molecule has 0 saturated heterocycles. The Morgan fingerprint density at radius 1 is 0.879 bits per heavy atom. The third-order valence-corrected chi connectivity index (χ3v) is 6.84. The number of hydrogen-bond donors (Lipinski definition) is 2. The number of alkyl halides is 3. The van der Waals surface area contributed by atoms with Crippen molar-refractivity contribution in [3.8, 4) is 0 Å². The molecule has 0 aromatic heterocycles. The molecule has 33 heavy (non-hydrogen) atoms. The minimum absolute atomic E-state index is 0.116. The number of aryl methyl sites for hydroxylation is 2. The summed E-state index contributed by atoms with van der Waals surface area (Å²) in [6, 6.07) is 11.2. The second kappa shape index (κ2) is 9.24. The zero-order chi connectivity index (χ0) is 24.6. The van der Waals surface area contributed by atoms with Crippen LogP contribution in [0.25, 0.3) is 0 Å². The summed E-state index contributed by atoms with van der Waals surface area (Å²) in [5, 5.41) is 2.02. The average Bonchev–Trinajstić information content (AvgIpc) is 2.71. The van der Waals surface area contributed by atoms with E-state index < -0.39 is 27.7 Å². The molecule has 0 radical (unpaired) electrons. The Labute approximate surface area is 198 Å². The lowest BCUT2D eigenvalue weighted by Gasteiger charge is -2.14. The van der Waals surface area contributed by atoms with Crippen LogP contribution in [0.1, 0.15) is 27.0 Å². The van der Waals surface area contributed by atoms with E-state index in [0.717, 1.165) is 23.8 Å². The van der Waals surface area contributed by atoms with Crippen molar-refractivity contribution in [2.75, 3.05) is 10.0 Å². The first-order valence-corrected chi connectivity index (χ1v) is 11.6. The van der Waals surface area contributed by atoms with E-state index in [1.165, 1.54) is 12.1 Å². The van der Waals surface area contributed by atoms with Crippen LogP contribution in [-0.4, -0.2) is 14.3 Å². The molecular formula is C22H17Cl2F3N2O3S. The number of rotatable bonds is 5. The normalized spacial score (nSPS) is 11.8. The summed E-state index contributed by atoms with van der Waals surface area (Å²) in [7, 11) is -4.18. The van der Waals surface area contributed by atoms with Crippen LogP contribution in [0.3, 0.4) is 0 Å². The molecule has 5 nitrogen and oxygen atoms in total. The fraction of sp³-hybridized carbons (Fsp3) is 0.136. The average molecular weight is 517 g/mol. The Bertz CT molecular complexity index is 1340. The van der Waals surface area contributed by atoms with Crippen molar-refractivity contribution in [1.29, 1.82) is 0 Å². The first-order chi connectivity index (χ1) is 15.3. The molecule has 2 N–H and O–H groups in total. The quantitative estimate of drug-likeness (QED) is 0.397. The largest absolute Gasteiger partial charge is 0.416 e. The number of hydrogen-bond acceptors (Lipinski definition) is 3. The van der Waals surface area contributed by atoms with Crippen LogP contribution in [0.15, 0.2) is 59.5 Å². The highest BCUT2D eigenvalue weighted by atomic mass is 35.5. The molecule has 0 aliphatic rings. The molecule has 11 heteroatoms. The molecular weight excluding hydrogens is 500 g/mol. The van der Waals surface area contributed by atoms with Gasteiger partial charge in [-0.1, -0.05) is 35.3 Å². The first kappa shape index (κ1) is 24.9. The lowest BCUT2D eigenvalue weighted by Crippen LogP contribution is -2.17. The summed E-state index contributed by atoms with van der Waals surface area (Å²) in [5.74, 6) is -0.865. The van der Waals surface area contributed by atoms with Gasteiger partial charge < -0.3 is 5.32 Å². The van der Waals surface area contributed by atoms with Crippen molar-refractivity contribution in [2.45, 2.75) is 24.9 Å². The molecule has 0 spiro atoms. The summed E-state index contributed by atoms with van der Waals surface area (Å²) in [6.07, 6.45) is -4.63. The summed E-state index contributed by atoms with van der Waals surface area (Å²) in [5.41, 5.74) is 0.429. The van der Waals surface area contributed by atoms with E-state index >= 15 is 0 Å². The van der Waals surface area contributed by atoms with E-state index in [0.29, 0.717) is 17.3 Å². The van der Waals surface area contributed by atoms with Gasteiger partial charge in [-0.3, -0.25) is 9.52 Å². The Morgan fingerprint density at radius 3 is 2.21 bits per heavy atom. The second-order valence-corrected chi connectivity index (χ2v) is 9.68. The summed E-state index contributed by atoms with van der Waals surface area (Å²) < 4.78 is 67.3. The molecule has 0 unspecified atom stereocenters. The number of carbonyl (C=O) groups excluding carboxylic acids is 1. The van der Waals surface area contributed by atoms with Crippen LogP contribution in [0, 0.1) is 13.8 Å². The van der Waals surface area contributed by atoms with Crippen molar-refractivity contribution in [1.82, 2.24) is 0 Å². The minimum Gasteiger partial charge on any atom is -0.321 e. The number of amides is 1. The Kier molecular flexibility index (Phi) is 6.97. The van der Waals surface area contributed by atoms with E-state index in [2.05, 4.69) is 10.0 Å². The smallest absolute Gasteiger partial charge is 0.321 e. The van der Waals surface area contributed by atoms with Gasteiger partial charge in [-0.25, -0.2) is 8.42 Å². The van der Waals surface area contributed by atoms with Gasteiger partial charge in [0.2, 0.25) is 0 Å². The maximum atomic E-state index is 13.0. The summed E-state index contributed by atoms with van der Waals surface area (Å²) in [6.45, 7) is 3.52. The Hall–Kier alpha value is -2.75. The van der Waals surface area contributed by atoms with Crippen molar-refractivity contribution < 1.29 is 26.4 Å². The number of sulfonamides is 1. The number of carbonyl (C=O) groups is 1. The Balaban J connectivity index is 1.93. The molecule has 3 rings (SSSR count). The minimum atomic E-state index is -4.63. The number of anilines is 2. The maximum Gasteiger partial charge on any atom is 0.416 e. The lowest BCUT2D eigenvalue weighted by molar-refractivity contribution is -0.137. The fourth-order valence-electron chi connectivity index (χ4n) is 2.89. The van der Waals surface area contributed by atoms with Gasteiger partial charge in [-0.15, -0.1) is 0 Å². The number of halogens is 5. The predicted molar refractivity (Wildman–Crippen MR) is 123 cm³/mol. The van der Waals surface area contributed by atoms with Gasteiger partial charge in [0.1, 0.15) is 4.90 Å². The van der Waals surface area contributed by atoms with Crippen LogP contribution in [0.5, 0.6) is 0 Å². The van der Waals surface area contributed by atoms with Crippen LogP contribution < -0.4 is 10.0 Å². The van der Waals surface area contributed by atoms with Gasteiger partial charge in [0.05, 0.1) is 27.0 Å². The number of benzene rings is 3. The van der Waals surface area contributed by atoms with Crippen LogP contribution in [0.4, 0.5) is 24.5 Å². The van der Waals surface area contributed by atoms with Crippen molar-refractivity contribution in [3.63, 3.8) is 0 Å². The molecule has 0 fully saturated rings. The molecule has 0 aliphatic carbocycles. The zero-order valence-electron chi connectivity index (χ0n) is 17.2. The molecule has 0 atom stereocenters. The highest BCUT2D eigenvalue weighted by Crippen LogP contribution is 2.34. The molecule has 1 amide bonds. The summed E-state index contributed by atoms with van der Waals surface area (Å²) >= 11 is 12.0. The Morgan fingerprint density at radius 2 is 1.55 bits per heavy atom. The van der Waals surface area contributed by atoms with Gasteiger partial charge >= 0.3 is 6.18 Å². The topological polar surface area (TPSA) is 75.3 Å². The van der Waals surface area contributed by atoms with Crippen molar-refractivity contribution in [2.24, 2.45) is 0 Å². The third-order valence-electron chi connectivity index (χ3n) is 4.66. The van der Waals surface area contributed by atoms with Gasteiger partial charge in [0, 0.05) is 5.56 Å². The molecule has 0 saturated carbocycles. The lowest BCUT2D eigenvalue weighted by atomic mass is 10.1. The fourth-order valence-corrected chi connectivity index (χ4v) is 4.70. The van der Waals surface area contributed by atoms with Crippen LogP contribution in [-0.2, 0) is 16.2 Å². The SMILES string of the molecule is Cc1ccc(C)c(NS(=O)(=O)c2cc(C(=O)Nc3cc(C(F)(F)F)ccc3Cl)ccc2Cl)c1. The van der Waals surface area contributed by atoms with E-state index in [4.69, 9.17) is 23.2 Å². The molecule has 0 aliphatic heterocycles. The maximum absolute atomic E-state index is 13.0. The predicted octanol–water partition coefficient (Wildman–Crippen LogP) is 6.68. The van der Waals surface area contributed by atoms with Crippen molar-refractivity contribution in [3.05, 3.63) is 86.9 Å². The van der Waals surface area contributed by atoms with Crippen molar-refractivity contribution >= 4 is 50.5 Å². The van der Waals surface area contributed by atoms with E-state index in [9.17, 15) is 26.4 Å². The molecule has 3 aromatic carbocycles. The zero-order valence-corrected chi connectivity index (χ0v) is 19.5. The highest BCUT2D eigenvalue weighted by molar-refractivity contribution is 7.92. The highest BCUT2D eigenvalue weighted by Gasteiger charge is 2.31. The van der Waals surface area contributed by atoms with E-state index in [-0.39, 0.29) is 26.2 Å². The van der Waals surface area contributed by atoms with E-state index in [1.807, 2.05) is 6.07 Å². The molecule has 174 valence electrons. The monoisotopic (exact) mass is 516 g/mol. The number of nitrogens with one attached hydrogen (secondary N) is 2.